The Bertz CT molecular complexity index is 1420. The fourth-order valence-corrected chi connectivity index (χ4v) is 4.89. The summed E-state index contributed by atoms with van der Waals surface area (Å²) < 4.78 is 22.4. The van der Waals surface area contributed by atoms with Gasteiger partial charge in [0.05, 0.1) is 40.4 Å². The Balaban J connectivity index is 1.74. The Hall–Kier alpha value is -3.33. The lowest BCUT2D eigenvalue weighted by atomic mass is 9.91. The van der Waals surface area contributed by atoms with E-state index in [1.165, 1.54) is 24.1 Å². The van der Waals surface area contributed by atoms with E-state index < -0.39 is 34.6 Å². The average molecular weight is 542 g/mol. The Morgan fingerprint density at radius 2 is 1.78 bits per heavy atom. The summed E-state index contributed by atoms with van der Waals surface area (Å²) >= 11 is 12.1. The van der Waals surface area contributed by atoms with Gasteiger partial charge in [-0.1, -0.05) is 35.3 Å². The van der Waals surface area contributed by atoms with Gasteiger partial charge >= 0.3 is 0 Å². The number of nitrogens with zero attached hydrogens (tertiary/aromatic N) is 2. The summed E-state index contributed by atoms with van der Waals surface area (Å²) in [6.45, 7) is 1.07. The molecule has 10 heteroatoms. The zero-order chi connectivity index (χ0) is 26.5. The lowest BCUT2D eigenvalue weighted by Gasteiger charge is -2.40. The molecule has 37 heavy (non-hydrogen) atoms. The van der Waals surface area contributed by atoms with Gasteiger partial charge in [0.25, 0.3) is 5.91 Å². The van der Waals surface area contributed by atoms with Gasteiger partial charge in [-0.2, -0.15) is 0 Å². The Morgan fingerprint density at radius 3 is 2.35 bits per heavy atom. The molecule has 1 aliphatic heterocycles. The second-order valence-corrected chi connectivity index (χ2v) is 10.3. The molecule has 0 unspecified atom stereocenters. The number of carbonyl (C=O) groups excluding carboxylic acids is 3. The van der Waals surface area contributed by atoms with Crippen LogP contribution in [-0.4, -0.2) is 34.1 Å². The normalized spacial score (nSPS) is 19.6. The fraction of sp³-hybridized carbons (Fsp3) is 0.259. The molecular weight excluding hydrogens is 520 g/mol. The van der Waals surface area contributed by atoms with Gasteiger partial charge in [-0.05, 0) is 56.2 Å². The highest BCUT2D eigenvalue weighted by molar-refractivity contribution is 6.30. The van der Waals surface area contributed by atoms with Crippen molar-refractivity contribution < 1.29 is 23.5 Å². The number of hydrogen-bond donors (Lipinski definition) is 1. The molecular formula is C27H22Cl2FN3O4. The molecule has 1 atom stereocenters. The summed E-state index contributed by atoms with van der Waals surface area (Å²) in [4.78, 5) is 43.9. The third-order valence-corrected chi connectivity index (χ3v) is 7.44. The predicted molar refractivity (Wildman–Crippen MR) is 135 cm³/mol. The molecule has 5 rings (SSSR count). The number of primary amides is 1. The van der Waals surface area contributed by atoms with E-state index >= 15 is 4.39 Å². The molecule has 190 valence electrons. The number of ketones is 1. The van der Waals surface area contributed by atoms with Crippen molar-refractivity contribution in [3.8, 4) is 0 Å². The van der Waals surface area contributed by atoms with Crippen LogP contribution >= 0.6 is 23.2 Å². The Kier molecular flexibility index (Phi) is 6.30. The number of ether oxygens (including phenoxy) is 1. The molecule has 7 nitrogen and oxygen atoms in total. The van der Waals surface area contributed by atoms with Crippen LogP contribution in [-0.2, 0) is 21.8 Å². The molecule has 0 saturated heterocycles. The monoisotopic (exact) mass is 541 g/mol. The smallest absolute Gasteiger partial charge is 0.257 e. The molecule has 0 radical (unpaired) electrons. The van der Waals surface area contributed by atoms with Gasteiger partial charge in [0.15, 0.2) is 11.5 Å². The van der Waals surface area contributed by atoms with E-state index in [0.717, 1.165) is 6.07 Å². The minimum absolute atomic E-state index is 0.0157. The molecule has 2 N–H and O–H groups in total. The minimum Gasteiger partial charge on any atom is -0.369 e. The molecule has 1 aliphatic carbocycles. The molecule has 2 heterocycles. The number of nitrogens with two attached hydrogens (primary N) is 1. The van der Waals surface area contributed by atoms with Crippen LogP contribution < -0.4 is 5.73 Å². The highest BCUT2D eigenvalue weighted by Crippen LogP contribution is 2.52. The number of rotatable bonds is 8. The van der Waals surface area contributed by atoms with E-state index in [9.17, 15) is 14.4 Å². The van der Waals surface area contributed by atoms with Crippen LogP contribution in [0.15, 0.2) is 54.7 Å². The number of fused-ring (bicyclic) bond motifs is 1. The summed E-state index contributed by atoms with van der Waals surface area (Å²) in [6, 6.07) is 12.2. The lowest BCUT2D eigenvalue weighted by molar-refractivity contribution is -0.142. The minimum atomic E-state index is -1.79. The number of hydrogen-bond acceptors (Lipinski definition) is 5. The first-order valence-electron chi connectivity index (χ1n) is 11.5. The molecule has 2 aliphatic rings. The summed E-state index contributed by atoms with van der Waals surface area (Å²) in [6.07, 6.45) is 2.48. The first kappa shape index (κ1) is 25.3. The van der Waals surface area contributed by atoms with Gasteiger partial charge in [0, 0.05) is 22.3 Å². The van der Waals surface area contributed by atoms with Crippen molar-refractivity contribution in [2.45, 2.75) is 32.0 Å². The van der Waals surface area contributed by atoms with E-state index in [2.05, 4.69) is 4.98 Å². The number of halogens is 3. The number of amides is 2. The Morgan fingerprint density at radius 1 is 1.11 bits per heavy atom. The van der Waals surface area contributed by atoms with Crippen molar-refractivity contribution in [1.82, 2.24) is 9.88 Å². The summed E-state index contributed by atoms with van der Waals surface area (Å²) in [7, 11) is 0. The zero-order valence-electron chi connectivity index (χ0n) is 19.8. The number of pyridine rings is 1. The topological polar surface area (TPSA) is 103 Å². The third kappa shape index (κ3) is 4.29. The number of Topliss-reactive ketones (excluding diaryl/α,β-unsaturated/α-hetero) is 1. The zero-order valence-corrected chi connectivity index (χ0v) is 21.3. The Labute approximate surface area is 222 Å². The van der Waals surface area contributed by atoms with Crippen molar-refractivity contribution in [1.29, 1.82) is 0 Å². The molecule has 1 saturated carbocycles. The molecule has 0 spiro atoms. The summed E-state index contributed by atoms with van der Waals surface area (Å²) in [5.74, 6) is -2.27. The SMILES string of the molecule is CC(=O)c1cc(F)c2c(c1)C(=O)N(Cc1ccc(Cl)cn1)[C@@]2(OCC1(C(N)=O)CC1)c1ccc(Cl)cc1. The van der Waals surface area contributed by atoms with Crippen molar-refractivity contribution in [3.63, 3.8) is 0 Å². The largest absolute Gasteiger partial charge is 0.369 e. The van der Waals surface area contributed by atoms with Crippen LogP contribution in [0, 0.1) is 11.2 Å². The van der Waals surface area contributed by atoms with Gasteiger partial charge in [-0.15, -0.1) is 0 Å². The first-order valence-corrected chi connectivity index (χ1v) is 12.3. The molecule has 1 aromatic heterocycles. The maximum Gasteiger partial charge on any atom is 0.257 e. The number of carbonyl (C=O) groups is 3. The van der Waals surface area contributed by atoms with Crippen molar-refractivity contribution in [3.05, 3.63) is 98.5 Å². The predicted octanol–water partition coefficient (Wildman–Crippen LogP) is 4.87. The third-order valence-electron chi connectivity index (χ3n) is 6.97. The average Bonchev–Trinajstić information content (AvgIpc) is 3.62. The molecule has 2 aromatic carbocycles. The van der Waals surface area contributed by atoms with E-state index in [1.54, 1.807) is 36.4 Å². The number of aromatic nitrogens is 1. The van der Waals surface area contributed by atoms with Crippen molar-refractivity contribution in [2.24, 2.45) is 11.1 Å². The fourth-order valence-electron chi connectivity index (χ4n) is 4.66. The van der Waals surface area contributed by atoms with Crippen molar-refractivity contribution in [2.75, 3.05) is 6.61 Å². The van der Waals surface area contributed by atoms with E-state index in [4.69, 9.17) is 33.7 Å². The van der Waals surface area contributed by atoms with Crippen LogP contribution in [0.2, 0.25) is 10.0 Å². The highest BCUT2D eigenvalue weighted by Gasteiger charge is 2.57. The van der Waals surface area contributed by atoms with Crippen LogP contribution in [0.1, 0.15) is 57.3 Å². The molecule has 3 aromatic rings. The highest BCUT2D eigenvalue weighted by atomic mass is 35.5. The number of benzene rings is 2. The van der Waals surface area contributed by atoms with Crippen LogP contribution in [0.25, 0.3) is 0 Å². The summed E-state index contributed by atoms with van der Waals surface area (Å²) in [5, 5.41) is 0.840. The first-order chi connectivity index (χ1) is 17.6. The quantitative estimate of drug-likeness (QED) is 0.410. The van der Waals surface area contributed by atoms with Crippen LogP contribution in [0.4, 0.5) is 4.39 Å². The van der Waals surface area contributed by atoms with Gasteiger partial charge < -0.3 is 10.5 Å². The molecule has 2 amide bonds. The maximum atomic E-state index is 15.9. The van der Waals surface area contributed by atoms with Gasteiger partial charge in [-0.3, -0.25) is 24.3 Å². The van der Waals surface area contributed by atoms with Gasteiger partial charge in [-0.25, -0.2) is 4.39 Å². The summed E-state index contributed by atoms with van der Waals surface area (Å²) in [5.41, 5.74) is 3.80. The van der Waals surface area contributed by atoms with E-state index in [-0.39, 0.29) is 29.8 Å². The standard InChI is InChI=1S/C27H22Cl2FN3O4/c1-15(34)16-10-21-23(22(30)11-16)27(17-2-4-18(28)5-3-17,37-14-26(8-9-26)25(31)36)33(24(21)35)13-20-7-6-19(29)12-32-20/h2-7,10-12H,8-9,13-14H2,1H3,(H2,31,36)/t27-/m1/s1. The van der Waals surface area contributed by atoms with Gasteiger partial charge in [0.1, 0.15) is 5.82 Å². The second-order valence-electron chi connectivity index (χ2n) is 9.38. The molecule has 0 bridgehead atoms. The maximum absolute atomic E-state index is 15.9. The van der Waals surface area contributed by atoms with Crippen molar-refractivity contribution >= 4 is 40.8 Å². The van der Waals surface area contributed by atoms with E-state index in [0.29, 0.717) is 34.1 Å². The molecule has 1 fully saturated rings. The van der Waals surface area contributed by atoms with Gasteiger partial charge in [0.2, 0.25) is 5.91 Å². The second kappa shape index (κ2) is 9.20. The van der Waals surface area contributed by atoms with Crippen LogP contribution in [0.5, 0.6) is 0 Å². The lowest BCUT2D eigenvalue weighted by Crippen LogP contribution is -2.48. The van der Waals surface area contributed by atoms with E-state index in [1.807, 2.05) is 0 Å². The van der Waals surface area contributed by atoms with Crippen LogP contribution in [0.3, 0.4) is 0 Å².